The monoisotopic (exact) mass is 441 g/mol. The molecule has 7 nitrogen and oxygen atoms in total. The second-order valence-corrected chi connectivity index (χ2v) is 9.94. The second-order valence-electron chi connectivity index (χ2n) is 7.04. The molecule has 9 heteroatoms. The molecule has 0 unspecified atom stereocenters. The largest absolute Gasteiger partial charge is 0.360 e. The summed E-state index contributed by atoms with van der Waals surface area (Å²) in [5.74, 6) is 1.50. The number of H-pyrrole nitrogens is 1. The van der Waals surface area contributed by atoms with Crippen LogP contribution in [-0.2, 0) is 10.0 Å². The Morgan fingerprint density at radius 1 is 1.10 bits per heavy atom. The van der Waals surface area contributed by atoms with E-state index in [4.69, 9.17) is 0 Å². The van der Waals surface area contributed by atoms with Gasteiger partial charge >= 0.3 is 0 Å². The molecular weight excluding hydrogens is 418 g/mol. The van der Waals surface area contributed by atoms with Gasteiger partial charge in [-0.15, -0.1) is 10.2 Å². The molecule has 2 heterocycles. The molecule has 2 N–H and O–H groups in total. The first-order chi connectivity index (χ1) is 14.4. The van der Waals surface area contributed by atoms with Gasteiger partial charge in [0.15, 0.2) is 11.0 Å². The lowest BCUT2D eigenvalue weighted by atomic mass is 10.1. The molecule has 0 fully saturated rings. The molecule has 0 aliphatic rings. The fourth-order valence-corrected chi connectivity index (χ4v) is 4.72. The van der Waals surface area contributed by atoms with Gasteiger partial charge in [-0.2, -0.15) is 0 Å². The fourth-order valence-electron chi connectivity index (χ4n) is 3.32. The Morgan fingerprint density at radius 2 is 1.87 bits per heavy atom. The van der Waals surface area contributed by atoms with Crippen LogP contribution in [0.25, 0.3) is 28.0 Å². The van der Waals surface area contributed by atoms with E-state index in [2.05, 4.69) is 49.6 Å². The third-order valence-electron chi connectivity index (χ3n) is 4.74. The van der Waals surface area contributed by atoms with Crippen molar-refractivity contribution in [1.82, 2.24) is 24.5 Å². The first-order valence-corrected chi connectivity index (χ1v) is 12.5. The molecule has 0 saturated carbocycles. The molecule has 2 aromatic carbocycles. The van der Waals surface area contributed by atoms with Gasteiger partial charge in [0.05, 0.1) is 11.9 Å². The molecule has 0 saturated heterocycles. The molecule has 0 amide bonds. The van der Waals surface area contributed by atoms with Crippen LogP contribution < -0.4 is 4.72 Å². The molecule has 2 aromatic heterocycles. The highest BCUT2D eigenvalue weighted by Gasteiger charge is 2.19. The van der Waals surface area contributed by atoms with E-state index in [1.165, 1.54) is 6.26 Å². The number of thioether (sulfide) groups is 1. The quantitative estimate of drug-likeness (QED) is 0.321. The fraction of sp³-hybridized carbons (Fsp3) is 0.238. The standard InChI is InChI=1S/C21H23N5O2S2/c1-15-8-3-6-11-19(15)26-20(17-14-22-18-10-5-4-9-16(17)18)24-25-21(26)29-13-7-12-23-30(2,27)28/h3-6,8-11,14,22-23H,7,12-13H2,1-2H3. The van der Waals surface area contributed by atoms with Crippen molar-refractivity contribution in [3.8, 4) is 17.1 Å². The smallest absolute Gasteiger partial charge is 0.208 e. The van der Waals surface area contributed by atoms with Gasteiger partial charge in [0.1, 0.15) is 0 Å². The lowest BCUT2D eigenvalue weighted by Gasteiger charge is -2.12. The molecule has 0 atom stereocenters. The Labute approximate surface area is 180 Å². The van der Waals surface area contributed by atoms with Crippen LogP contribution in [0.2, 0.25) is 0 Å². The van der Waals surface area contributed by atoms with E-state index >= 15 is 0 Å². The average molecular weight is 442 g/mol. The van der Waals surface area contributed by atoms with Gasteiger partial charge in [0, 0.05) is 35.0 Å². The number of hydrogen-bond acceptors (Lipinski definition) is 5. The predicted octanol–water partition coefficient (Wildman–Crippen LogP) is 3.76. The van der Waals surface area contributed by atoms with E-state index in [1.54, 1.807) is 11.8 Å². The number of benzene rings is 2. The van der Waals surface area contributed by atoms with E-state index in [-0.39, 0.29) is 0 Å². The number of rotatable bonds is 8. The number of fused-ring (bicyclic) bond motifs is 1. The Kier molecular flexibility index (Phi) is 5.94. The summed E-state index contributed by atoms with van der Waals surface area (Å²) in [5, 5.41) is 10.9. The predicted molar refractivity (Wildman–Crippen MR) is 122 cm³/mol. The lowest BCUT2D eigenvalue weighted by molar-refractivity contribution is 0.587. The van der Waals surface area contributed by atoms with Gasteiger partial charge in [0.2, 0.25) is 10.0 Å². The van der Waals surface area contributed by atoms with Crippen LogP contribution in [0.5, 0.6) is 0 Å². The summed E-state index contributed by atoms with van der Waals surface area (Å²) < 4.78 is 27.1. The number of para-hydroxylation sites is 2. The molecule has 30 heavy (non-hydrogen) atoms. The van der Waals surface area contributed by atoms with Crippen molar-refractivity contribution in [2.45, 2.75) is 18.5 Å². The van der Waals surface area contributed by atoms with Gasteiger partial charge in [-0.05, 0) is 31.0 Å². The maximum absolute atomic E-state index is 11.2. The zero-order chi connectivity index (χ0) is 21.1. The minimum Gasteiger partial charge on any atom is -0.360 e. The molecule has 0 aliphatic carbocycles. The van der Waals surface area contributed by atoms with Crippen molar-refractivity contribution in [2.75, 3.05) is 18.6 Å². The Hall–Kier alpha value is -2.62. The molecular formula is C21H23N5O2S2. The molecule has 0 bridgehead atoms. The van der Waals surface area contributed by atoms with E-state index in [1.807, 2.05) is 36.5 Å². The van der Waals surface area contributed by atoms with Gasteiger partial charge in [-0.1, -0.05) is 48.2 Å². The normalized spacial score (nSPS) is 11.9. The van der Waals surface area contributed by atoms with Crippen molar-refractivity contribution in [3.05, 3.63) is 60.3 Å². The van der Waals surface area contributed by atoms with Gasteiger partial charge in [-0.25, -0.2) is 13.1 Å². The van der Waals surface area contributed by atoms with Crippen molar-refractivity contribution in [3.63, 3.8) is 0 Å². The summed E-state index contributed by atoms with van der Waals surface area (Å²) in [6.07, 6.45) is 3.83. The molecule has 156 valence electrons. The van der Waals surface area contributed by atoms with Crippen molar-refractivity contribution in [1.29, 1.82) is 0 Å². The zero-order valence-corrected chi connectivity index (χ0v) is 18.4. The highest BCUT2D eigenvalue weighted by Crippen LogP contribution is 2.33. The van der Waals surface area contributed by atoms with Crippen LogP contribution in [0, 0.1) is 6.92 Å². The average Bonchev–Trinajstić information content (AvgIpc) is 3.31. The third-order valence-corrected chi connectivity index (χ3v) is 6.48. The molecule has 4 aromatic rings. The van der Waals surface area contributed by atoms with Gasteiger partial charge < -0.3 is 4.98 Å². The lowest BCUT2D eigenvalue weighted by Crippen LogP contribution is -2.23. The van der Waals surface area contributed by atoms with Gasteiger partial charge in [-0.3, -0.25) is 4.57 Å². The minimum atomic E-state index is -3.17. The second kappa shape index (κ2) is 8.63. The molecule has 0 spiro atoms. The number of aromatic nitrogens is 4. The SMILES string of the molecule is Cc1ccccc1-n1c(SCCCNS(C)(=O)=O)nnc1-c1c[nH]c2ccccc12. The van der Waals surface area contributed by atoms with Crippen LogP contribution in [-0.4, -0.2) is 46.7 Å². The third kappa shape index (κ3) is 4.43. The van der Waals surface area contributed by atoms with Crippen LogP contribution >= 0.6 is 11.8 Å². The number of hydrogen-bond donors (Lipinski definition) is 2. The summed E-state index contributed by atoms with van der Waals surface area (Å²) in [5.41, 5.74) is 4.19. The van der Waals surface area contributed by atoms with Crippen LogP contribution in [0.15, 0.2) is 59.9 Å². The van der Waals surface area contributed by atoms with Crippen LogP contribution in [0.1, 0.15) is 12.0 Å². The first kappa shape index (κ1) is 20.6. The Balaban J connectivity index is 1.69. The summed E-state index contributed by atoms with van der Waals surface area (Å²) in [7, 11) is -3.17. The van der Waals surface area contributed by atoms with E-state index in [0.29, 0.717) is 13.0 Å². The topological polar surface area (TPSA) is 92.7 Å². The zero-order valence-electron chi connectivity index (χ0n) is 16.8. The summed E-state index contributed by atoms with van der Waals surface area (Å²) in [4.78, 5) is 3.31. The van der Waals surface area contributed by atoms with Crippen molar-refractivity contribution < 1.29 is 8.42 Å². The number of aryl methyl sites for hydroxylation is 1. The van der Waals surface area contributed by atoms with E-state index in [0.717, 1.165) is 44.5 Å². The minimum absolute atomic E-state index is 0.402. The maximum Gasteiger partial charge on any atom is 0.208 e. The first-order valence-electron chi connectivity index (χ1n) is 9.59. The Bertz CT molecular complexity index is 1280. The summed E-state index contributed by atoms with van der Waals surface area (Å²) in [6, 6.07) is 16.3. The summed E-state index contributed by atoms with van der Waals surface area (Å²) >= 11 is 1.57. The van der Waals surface area contributed by atoms with Crippen molar-refractivity contribution in [2.24, 2.45) is 0 Å². The van der Waals surface area contributed by atoms with Crippen LogP contribution in [0.3, 0.4) is 0 Å². The van der Waals surface area contributed by atoms with Gasteiger partial charge in [0.25, 0.3) is 0 Å². The van der Waals surface area contributed by atoms with E-state index < -0.39 is 10.0 Å². The number of sulfonamides is 1. The number of nitrogens with one attached hydrogen (secondary N) is 2. The molecule has 0 radical (unpaired) electrons. The Morgan fingerprint density at radius 3 is 2.67 bits per heavy atom. The maximum atomic E-state index is 11.2. The number of nitrogens with zero attached hydrogens (tertiary/aromatic N) is 3. The number of aromatic amines is 1. The highest BCUT2D eigenvalue weighted by atomic mass is 32.2. The van der Waals surface area contributed by atoms with Crippen LogP contribution in [0.4, 0.5) is 0 Å². The summed E-state index contributed by atoms with van der Waals surface area (Å²) in [6.45, 7) is 2.47. The highest BCUT2D eigenvalue weighted by molar-refractivity contribution is 7.99. The van der Waals surface area contributed by atoms with E-state index in [9.17, 15) is 8.42 Å². The molecule has 0 aliphatic heterocycles. The van der Waals surface area contributed by atoms with Crippen molar-refractivity contribution >= 4 is 32.7 Å². The molecule has 4 rings (SSSR count).